The lowest BCUT2D eigenvalue weighted by Crippen LogP contribution is -2.04. The molecule has 0 fully saturated rings. The molecule has 0 aliphatic heterocycles. The predicted octanol–water partition coefficient (Wildman–Crippen LogP) is 4.58. The zero-order chi connectivity index (χ0) is 12.4. The van der Waals surface area contributed by atoms with Crippen molar-refractivity contribution in [3.8, 4) is 5.75 Å². The van der Waals surface area contributed by atoms with Crippen LogP contribution in [0.15, 0.2) is 36.4 Å². The fourth-order valence-corrected chi connectivity index (χ4v) is 2.06. The van der Waals surface area contributed by atoms with Gasteiger partial charge in [0, 0.05) is 5.38 Å². The van der Waals surface area contributed by atoms with Crippen LogP contribution < -0.4 is 4.74 Å². The van der Waals surface area contributed by atoms with Gasteiger partial charge in [0.1, 0.15) is 5.75 Å². The van der Waals surface area contributed by atoms with Crippen LogP contribution in [0.4, 0.5) is 0 Å². The largest absolute Gasteiger partial charge is 0.497 e. The maximum atomic E-state index is 6.14. The van der Waals surface area contributed by atoms with Crippen LogP contribution in [0.5, 0.6) is 5.75 Å². The minimum atomic E-state index is 0.144. The van der Waals surface area contributed by atoms with Gasteiger partial charge in [-0.15, -0.1) is 11.6 Å². The van der Waals surface area contributed by atoms with Crippen molar-refractivity contribution in [3.05, 3.63) is 42.0 Å². The van der Waals surface area contributed by atoms with E-state index in [-0.39, 0.29) is 5.38 Å². The molecule has 0 N–H and O–H groups in total. The molecule has 0 saturated carbocycles. The van der Waals surface area contributed by atoms with Crippen LogP contribution in [0.25, 0.3) is 10.8 Å². The van der Waals surface area contributed by atoms with Crippen molar-refractivity contribution in [1.29, 1.82) is 0 Å². The summed E-state index contributed by atoms with van der Waals surface area (Å²) >= 11 is 6.14. The predicted molar refractivity (Wildman–Crippen MR) is 74.2 cm³/mol. The van der Waals surface area contributed by atoms with Crippen LogP contribution in [0, 0.1) is 0 Å². The lowest BCUT2D eigenvalue weighted by molar-refractivity contribution is 0.415. The summed E-state index contributed by atoms with van der Waals surface area (Å²) in [6, 6.07) is 12.6. The summed E-state index contributed by atoms with van der Waals surface area (Å²) in [5, 5.41) is 2.57. The Morgan fingerprint density at radius 1 is 1.00 bits per heavy atom. The van der Waals surface area contributed by atoms with Gasteiger partial charge in [-0.2, -0.15) is 0 Å². The molecule has 2 unspecified atom stereocenters. The SMILES string of the molecule is COc1ccc2cc(C(C)C(C)Cl)ccc2c1. The Bertz CT molecular complexity index is 519. The number of hydrogen-bond donors (Lipinski definition) is 0. The van der Waals surface area contributed by atoms with E-state index < -0.39 is 0 Å². The fraction of sp³-hybridized carbons (Fsp3) is 0.333. The average Bonchev–Trinajstić information content (AvgIpc) is 2.36. The molecule has 0 saturated heterocycles. The highest BCUT2D eigenvalue weighted by molar-refractivity contribution is 6.20. The summed E-state index contributed by atoms with van der Waals surface area (Å²) in [5.74, 6) is 1.26. The third kappa shape index (κ3) is 2.55. The zero-order valence-electron chi connectivity index (χ0n) is 10.4. The molecule has 0 aromatic heterocycles. The second-order valence-corrected chi connectivity index (χ2v) is 5.13. The second-order valence-electron chi connectivity index (χ2n) is 4.44. The Labute approximate surface area is 107 Å². The highest BCUT2D eigenvalue weighted by Gasteiger charge is 2.11. The molecular weight excluding hydrogens is 232 g/mol. The zero-order valence-corrected chi connectivity index (χ0v) is 11.2. The van der Waals surface area contributed by atoms with E-state index in [1.54, 1.807) is 7.11 Å². The van der Waals surface area contributed by atoms with E-state index in [0.29, 0.717) is 5.92 Å². The Morgan fingerprint density at radius 3 is 2.29 bits per heavy atom. The number of methoxy groups -OCH3 is 1. The van der Waals surface area contributed by atoms with Crippen LogP contribution in [0.2, 0.25) is 0 Å². The summed E-state index contributed by atoms with van der Waals surface area (Å²) in [5.41, 5.74) is 1.28. The van der Waals surface area contributed by atoms with Gasteiger partial charge in [0.2, 0.25) is 0 Å². The first-order valence-electron chi connectivity index (χ1n) is 5.83. The minimum Gasteiger partial charge on any atom is -0.497 e. The van der Waals surface area contributed by atoms with Crippen molar-refractivity contribution in [2.75, 3.05) is 7.11 Å². The molecule has 2 aromatic carbocycles. The third-order valence-corrected chi connectivity index (χ3v) is 3.66. The molecule has 0 aliphatic carbocycles. The molecule has 2 atom stereocenters. The van der Waals surface area contributed by atoms with Crippen molar-refractivity contribution in [2.45, 2.75) is 25.1 Å². The lowest BCUT2D eigenvalue weighted by Gasteiger charge is -2.15. The number of benzene rings is 2. The first kappa shape index (κ1) is 12.3. The average molecular weight is 249 g/mol. The van der Waals surface area contributed by atoms with Crippen LogP contribution in [0.1, 0.15) is 25.3 Å². The van der Waals surface area contributed by atoms with Crippen molar-refractivity contribution < 1.29 is 4.74 Å². The van der Waals surface area contributed by atoms with Gasteiger partial charge in [0.25, 0.3) is 0 Å². The van der Waals surface area contributed by atoms with Gasteiger partial charge >= 0.3 is 0 Å². The van der Waals surface area contributed by atoms with Gasteiger partial charge in [-0.1, -0.05) is 31.2 Å². The van der Waals surface area contributed by atoms with Crippen molar-refractivity contribution >= 4 is 22.4 Å². The third-order valence-electron chi connectivity index (χ3n) is 3.29. The number of rotatable bonds is 3. The van der Waals surface area contributed by atoms with Crippen LogP contribution in [0.3, 0.4) is 0 Å². The Balaban J connectivity index is 2.44. The molecule has 0 amide bonds. The molecule has 2 rings (SSSR count). The van der Waals surface area contributed by atoms with Gasteiger partial charge in [0.15, 0.2) is 0 Å². The summed E-state index contributed by atoms with van der Waals surface area (Å²) in [6.45, 7) is 4.19. The summed E-state index contributed by atoms with van der Waals surface area (Å²) in [7, 11) is 1.69. The molecule has 2 aromatic rings. The molecule has 90 valence electrons. The Kier molecular flexibility index (Phi) is 3.58. The van der Waals surface area contributed by atoms with Gasteiger partial charge in [-0.3, -0.25) is 0 Å². The maximum absolute atomic E-state index is 6.14. The van der Waals surface area contributed by atoms with Gasteiger partial charge in [-0.05, 0) is 41.3 Å². The lowest BCUT2D eigenvalue weighted by atomic mass is 9.95. The highest BCUT2D eigenvalue weighted by atomic mass is 35.5. The summed E-state index contributed by atoms with van der Waals surface area (Å²) in [6.07, 6.45) is 0. The quantitative estimate of drug-likeness (QED) is 0.723. The molecule has 0 spiro atoms. The monoisotopic (exact) mass is 248 g/mol. The van der Waals surface area contributed by atoms with Crippen molar-refractivity contribution in [3.63, 3.8) is 0 Å². The molecule has 2 heteroatoms. The molecule has 17 heavy (non-hydrogen) atoms. The van der Waals surface area contributed by atoms with Crippen molar-refractivity contribution in [2.24, 2.45) is 0 Å². The van der Waals surface area contributed by atoms with Gasteiger partial charge < -0.3 is 4.74 Å². The van der Waals surface area contributed by atoms with Crippen molar-refractivity contribution in [1.82, 2.24) is 0 Å². The van der Waals surface area contributed by atoms with E-state index in [1.165, 1.54) is 16.3 Å². The molecule has 1 nitrogen and oxygen atoms in total. The van der Waals surface area contributed by atoms with Gasteiger partial charge in [-0.25, -0.2) is 0 Å². The summed E-state index contributed by atoms with van der Waals surface area (Å²) in [4.78, 5) is 0. The first-order valence-corrected chi connectivity index (χ1v) is 6.27. The number of halogens is 1. The fourth-order valence-electron chi connectivity index (χ4n) is 1.92. The molecule has 0 heterocycles. The molecule has 0 bridgehead atoms. The van der Waals surface area contributed by atoms with Gasteiger partial charge in [0.05, 0.1) is 7.11 Å². The molecule has 0 radical (unpaired) electrons. The molecular formula is C15H17ClO. The maximum Gasteiger partial charge on any atom is 0.119 e. The van der Waals surface area contributed by atoms with E-state index in [4.69, 9.17) is 16.3 Å². The minimum absolute atomic E-state index is 0.144. The number of ether oxygens (including phenoxy) is 1. The first-order chi connectivity index (χ1) is 8.11. The number of fused-ring (bicyclic) bond motifs is 1. The van der Waals surface area contributed by atoms with Crippen LogP contribution >= 0.6 is 11.6 Å². The highest BCUT2D eigenvalue weighted by Crippen LogP contribution is 2.28. The van der Waals surface area contributed by atoms with E-state index in [1.807, 2.05) is 19.1 Å². The van der Waals surface area contributed by atoms with Crippen LogP contribution in [-0.4, -0.2) is 12.5 Å². The summed E-state index contributed by atoms with van der Waals surface area (Å²) < 4.78 is 5.22. The standard InChI is InChI=1S/C15H17ClO/c1-10(11(2)16)12-4-5-14-9-15(17-3)7-6-13(14)8-12/h4-11H,1-3H3. The van der Waals surface area contributed by atoms with E-state index in [2.05, 4.69) is 31.2 Å². The molecule has 0 aliphatic rings. The topological polar surface area (TPSA) is 9.23 Å². The van der Waals surface area contributed by atoms with E-state index in [0.717, 1.165) is 5.75 Å². The van der Waals surface area contributed by atoms with Crippen LogP contribution in [-0.2, 0) is 0 Å². The Morgan fingerprint density at radius 2 is 1.65 bits per heavy atom. The Hall–Kier alpha value is -1.21. The van der Waals surface area contributed by atoms with E-state index >= 15 is 0 Å². The number of alkyl halides is 1. The normalized spacial score (nSPS) is 14.6. The number of hydrogen-bond acceptors (Lipinski definition) is 1. The second kappa shape index (κ2) is 4.97. The van der Waals surface area contributed by atoms with E-state index in [9.17, 15) is 0 Å². The smallest absolute Gasteiger partial charge is 0.119 e.